The van der Waals surface area contributed by atoms with Crippen molar-refractivity contribution in [2.45, 2.75) is 20.8 Å². The highest BCUT2D eigenvalue weighted by molar-refractivity contribution is 5.46. The first-order chi connectivity index (χ1) is 8.06. The van der Waals surface area contributed by atoms with Crippen molar-refractivity contribution in [1.29, 1.82) is 0 Å². The van der Waals surface area contributed by atoms with Crippen LogP contribution < -0.4 is 10.5 Å². The van der Waals surface area contributed by atoms with Gasteiger partial charge >= 0.3 is 0 Å². The first-order valence-corrected chi connectivity index (χ1v) is 5.53. The van der Waals surface area contributed by atoms with Crippen molar-refractivity contribution >= 4 is 5.69 Å². The number of aromatic nitrogens is 1. The van der Waals surface area contributed by atoms with E-state index in [0.29, 0.717) is 11.6 Å². The van der Waals surface area contributed by atoms with Crippen LogP contribution in [0.1, 0.15) is 16.7 Å². The molecular formula is C14H16N2O. The molecule has 0 atom stereocenters. The molecule has 17 heavy (non-hydrogen) atoms. The zero-order valence-electron chi connectivity index (χ0n) is 10.3. The summed E-state index contributed by atoms with van der Waals surface area (Å²) in [5.74, 6) is 1.38. The minimum Gasteiger partial charge on any atom is -0.438 e. The highest BCUT2D eigenvalue weighted by Gasteiger charge is 2.07. The predicted octanol–water partition coefficient (Wildman–Crippen LogP) is 3.38. The fraction of sp³-hybridized carbons (Fsp3) is 0.214. The van der Waals surface area contributed by atoms with Crippen LogP contribution in [-0.2, 0) is 0 Å². The van der Waals surface area contributed by atoms with Crippen LogP contribution in [-0.4, -0.2) is 4.98 Å². The minimum absolute atomic E-state index is 0.528. The van der Waals surface area contributed by atoms with Gasteiger partial charge in [0.15, 0.2) is 0 Å². The predicted molar refractivity (Wildman–Crippen MR) is 69.4 cm³/mol. The Hall–Kier alpha value is -2.03. The topological polar surface area (TPSA) is 48.1 Å². The van der Waals surface area contributed by atoms with Crippen molar-refractivity contribution in [3.8, 4) is 11.6 Å². The maximum Gasteiger partial charge on any atom is 0.221 e. The summed E-state index contributed by atoms with van der Waals surface area (Å²) in [6.07, 6.45) is 1.64. The SMILES string of the molecule is Cc1cc(C)c(Oc2cc(N)ccn2)c(C)c1. The molecule has 0 aliphatic heterocycles. The summed E-state index contributed by atoms with van der Waals surface area (Å²) < 4.78 is 5.78. The van der Waals surface area contributed by atoms with E-state index >= 15 is 0 Å². The zero-order chi connectivity index (χ0) is 12.4. The molecular weight excluding hydrogens is 212 g/mol. The van der Waals surface area contributed by atoms with Gasteiger partial charge < -0.3 is 10.5 Å². The Morgan fingerprint density at radius 1 is 1.06 bits per heavy atom. The summed E-state index contributed by atoms with van der Waals surface area (Å²) in [5, 5.41) is 0. The zero-order valence-corrected chi connectivity index (χ0v) is 10.3. The van der Waals surface area contributed by atoms with E-state index < -0.39 is 0 Å². The molecule has 0 aliphatic rings. The largest absolute Gasteiger partial charge is 0.438 e. The number of nitrogens with two attached hydrogens (primary N) is 1. The van der Waals surface area contributed by atoms with E-state index in [1.54, 1.807) is 18.3 Å². The number of anilines is 1. The van der Waals surface area contributed by atoms with Crippen LogP contribution in [0.15, 0.2) is 30.5 Å². The van der Waals surface area contributed by atoms with E-state index in [0.717, 1.165) is 16.9 Å². The van der Waals surface area contributed by atoms with E-state index in [4.69, 9.17) is 10.5 Å². The normalized spacial score (nSPS) is 10.3. The summed E-state index contributed by atoms with van der Waals surface area (Å²) in [5.41, 5.74) is 9.78. The first-order valence-electron chi connectivity index (χ1n) is 5.53. The second-order valence-electron chi connectivity index (χ2n) is 4.26. The van der Waals surface area contributed by atoms with Crippen molar-refractivity contribution in [2.24, 2.45) is 0 Å². The Morgan fingerprint density at radius 2 is 1.71 bits per heavy atom. The molecule has 0 bridgehead atoms. The molecule has 88 valence electrons. The lowest BCUT2D eigenvalue weighted by atomic mass is 10.1. The highest BCUT2D eigenvalue weighted by Crippen LogP contribution is 2.29. The van der Waals surface area contributed by atoms with Gasteiger partial charge in [-0.25, -0.2) is 4.98 Å². The van der Waals surface area contributed by atoms with Crippen LogP contribution in [0.25, 0.3) is 0 Å². The average molecular weight is 228 g/mol. The average Bonchev–Trinajstić information content (AvgIpc) is 2.23. The molecule has 0 aliphatic carbocycles. The Morgan fingerprint density at radius 3 is 2.29 bits per heavy atom. The third kappa shape index (κ3) is 2.56. The van der Waals surface area contributed by atoms with Gasteiger partial charge in [0, 0.05) is 18.0 Å². The van der Waals surface area contributed by atoms with Gasteiger partial charge in [0.1, 0.15) is 5.75 Å². The molecule has 0 spiro atoms. The van der Waals surface area contributed by atoms with Crippen LogP contribution in [0.2, 0.25) is 0 Å². The number of pyridine rings is 1. The van der Waals surface area contributed by atoms with Crippen LogP contribution in [0.4, 0.5) is 5.69 Å². The number of rotatable bonds is 2. The minimum atomic E-state index is 0.528. The van der Waals surface area contributed by atoms with Gasteiger partial charge in [0.05, 0.1) is 0 Å². The molecule has 0 radical (unpaired) electrons. The molecule has 1 aromatic carbocycles. The van der Waals surface area contributed by atoms with Gasteiger partial charge in [-0.1, -0.05) is 17.7 Å². The molecule has 0 saturated heterocycles. The number of aryl methyl sites for hydroxylation is 3. The molecule has 2 N–H and O–H groups in total. The van der Waals surface area contributed by atoms with E-state index in [1.165, 1.54) is 5.56 Å². The van der Waals surface area contributed by atoms with E-state index in [1.807, 2.05) is 13.8 Å². The maximum absolute atomic E-state index is 5.78. The molecule has 2 rings (SSSR count). The fourth-order valence-corrected chi connectivity index (χ4v) is 1.91. The lowest BCUT2D eigenvalue weighted by Gasteiger charge is -2.12. The quantitative estimate of drug-likeness (QED) is 0.857. The maximum atomic E-state index is 5.78. The second-order valence-corrected chi connectivity index (χ2v) is 4.26. The highest BCUT2D eigenvalue weighted by atomic mass is 16.5. The van der Waals surface area contributed by atoms with Crippen LogP contribution in [0.5, 0.6) is 11.6 Å². The van der Waals surface area contributed by atoms with Gasteiger partial charge in [-0.2, -0.15) is 0 Å². The van der Waals surface area contributed by atoms with Crippen molar-refractivity contribution in [3.63, 3.8) is 0 Å². The number of benzene rings is 1. The molecule has 0 amide bonds. The molecule has 2 aromatic rings. The van der Waals surface area contributed by atoms with E-state index in [-0.39, 0.29) is 0 Å². The van der Waals surface area contributed by atoms with Gasteiger partial charge in [-0.15, -0.1) is 0 Å². The lowest BCUT2D eigenvalue weighted by molar-refractivity contribution is 0.456. The summed E-state index contributed by atoms with van der Waals surface area (Å²) >= 11 is 0. The monoisotopic (exact) mass is 228 g/mol. The third-order valence-electron chi connectivity index (χ3n) is 2.57. The number of hydrogen-bond donors (Lipinski definition) is 1. The first kappa shape index (κ1) is 11.5. The van der Waals surface area contributed by atoms with Gasteiger partial charge in [0.25, 0.3) is 0 Å². The fourth-order valence-electron chi connectivity index (χ4n) is 1.91. The van der Waals surface area contributed by atoms with Gasteiger partial charge in [-0.05, 0) is 38.0 Å². The van der Waals surface area contributed by atoms with Crippen LogP contribution in [0.3, 0.4) is 0 Å². The number of hydrogen-bond acceptors (Lipinski definition) is 3. The summed E-state index contributed by atoms with van der Waals surface area (Å²) in [6, 6.07) is 7.64. The number of nitrogens with zero attached hydrogens (tertiary/aromatic N) is 1. The Balaban J connectivity index is 2.36. The third-order valence-corrected chi connectivity index (χ3v) is 2.57. The van der Waals surface area contributed by atoms with Gasteiger partial charge in [0.2, 0.25) is 5.88 Å². The Bertz CT molecular complexity index is 527. The van der Waals surface area contributed by atoms with E-state index in [9.17, 15) is 0 Å². The standard InChI is InChI=1S/C14H16N2O/c1-9-6-10(2)14(11(3)7-9)17-13-8-12(15)4-5-16-13/h4-8H,1-3H3,(H2,15,16). The van der Waals surface area contributed by atoms with Crippen molar-refractivity contribution in [1.82, 2.24) is 4.98 Å². The summed E-state index contributed by atoms with van der Waals surface area (Å²) in [4.78, 5) is 4.14. The Labute approximate surface area is 101 Å². The van der Waals surface area contributed by atoms with Crippen molar-refractivity contribution in [3.05, 3.63) is 47.2 Å². The lowest BCUT2D eigenvalue weighted by Crippen LogP contribution is -1.95. The smallest absolute Gasteiger partial charge is 0.221 e. The summed E-state index contributed by atoms with van der Waals surface area (Å²) in [7, 11) is 0. The van der Waals surface area contributed by atoms with Crippen molar-refractivity contribution in [2.75, 3.05) is 5.73 Å². The molecule has 0 saturated carbocycles. The summed E-state index contributed by atoms with van der Waals surface area (Å²) in [6.45, 7) is 6.13. The Kier molecular flexibility index (Phi) is 3.00. The molecule has 1 heterocycles. The number of ether oxygens (including phenoxy) is 1. The number of nitrogen functional groups attached to an aromatic ring is 1. The molecule has 3 heteroatoms. The van der Waals surface area contributed by atoms with E-state index in [2.05, 4.69) is 24.0 Å². The molecule has 0 fully saturated rings. The van der Waals surface area contributed by atoms with Gasteiger partial charge in [-0.3, -0.25) is 0 Å². The van der Waals surface area contributed by atoms with Crippen LogP contribution in [0, 0.1) is 20.8 Å². The molecule has 3 nitrogen and oxygen atoms in total. The molecule has 1 aromatic heterocycles. The molecule has 0 unspecified atom stereocenters. The van der Waals surface area contributed by atoms with Crippen LogP contribution >= 0.6 is 0 Å². The van der Waals surface area contributed by atoms with Crippen molar-refractivity contribution < 1.29 is 4.74 Å². The second kappa shape index (κ2) is 4.45.